The van der Waals surface area contributed by atoms with Crippen molar-refractivity contribution in [2.24, 2.45) is 10.9 Å². The largest absolute Gasteiger partial charge is 0.409 e. The van der Waals surface area contributed by atoms with Crippen LogP contribution in [0.15, 0.2) is 35.5 Å². The Kier molecular flexibility index (Phi) is 4.96. The highest BCUT2D eigenvalue weighted by molar-refractivity contribution is 5.80. The number of nitrogens with one attached hydrogen (secondary N) is 1. The highest BCUT2D eigenvalue weighted by Gasteiger charge is 2.28. The van der Waals surface area contributed by atoms with Crippen molar-refractivity contribution in [2.75, 3.05) is 6.54 Å². The first-order chi connectivity index (χ1) is 8.42. The first kappa shape index (κ1) is 14.3. The van der Waals surface area contributed by atoms with Crippen molar-refractivity contribution >= 4 is 5.84 Å². The number of hydrogen-bond donors (Lipinski definition) is 3. The van der Waals surface area contributed by atoms with Crippen molar-refractivity contribution in [1.82, 2.24) is 5.32 Å². The first-order valence-corrected chi connectivity index (χ1v) is 5.24. The summed E-state index contributed by atoms with van der Waals surface area (Å²) in [7, 11) is 0. The van der Waals surface area contributed by atoms with Gasteiger partial charge in [-0.1, -0.05) is 35.5 Å². The van der Waals surface area contributed by atoms with Crippen LogP contribution < -0.4 is 11.1 Å². The number of hydrogen-bond acceptors (Lipinski definition) is 3. The molecule has 0 aromatic heterocycles. The van der Waals surface area contributed by atoms with E-state index in [0.29, 0.717) is 5.56 Å². The van der Waals surface area contributed by atoms with Gasteiger partial charge in [-0.2, -0.15) is 13.2 Å². The maximum absolute atomic E-state index is 12.2. The molecular formula is C11H14F3N3O. The number of benzene rings is 1. The van der Waals surface area contributed by atoms with E-state index in [1.807, 2.05) is 0 Å². The van der Waals surface area contributed by atoms with Crippen molar-refractivity contribution < 1.29 is 18.4 Å². The van der Waals surface area contributed by atoms with Gasteiger partial charge in [0.1, 0.15) is 5.84 Å². The second kappa shape index (κ2) is 6.25. The average Bonchev–Trinajstić information content (AvgIpc) is 2.34. The Hall–Kier alpha value is -1.76. The van der Waals surface area contributed by atoms with E-state index < -0.39 is 18.8 Å². The first-order valence-electron chi connectivity index (χ1n) is 5.24. The Morgan fingerprint density at radius 2 is 1.94 bits per heavy atom. The van der Waals surface area contributed by atoms with Crippen molar-refractivity contribution in [1.29, 1.82) is 0 Å². The Labute approximate surface area is 102 Å². The van der Waals surface area contributed by atoms with Crippen LogP contribution in [-0.4, -0.2) is 23.8 Å². The van der Waals surface area contributed by atoms with E-state index in [0.717, 1.165) is 0 Å². The number of oxime groups is 1. The number of halogens is 3. The number of amidine groups is 1. The fourth-order valence-electron chi connectivity index (χ4n) is 1.48. The van der Waals surface area contributed by atoms with Gasteiger partial charge in [-0.3, -0.25) is 0 Å². The summed E-state index contributed by atoms with van der Waals surface area (Å²) in [5.74, 6) is -0.126. The number of nitrogens with two attached hydrogens (primary N) is 1. The molecule has 0 amide bonds. The number of nitrogens with zero attached hydrogens (tertiary/aromatic N) is 1. The summed E-state index contributed by atoms with van der Waals surface area (Å²) >= 11 is 0. The van der Waals surface area contributed by atoms with E-state index in [-0.39, 0.29) is 12.3 Å². The van der Waals surface area contributed by atoms with Gasteiger partial charge in [0.15, 0.2) is 0 Å². The normalized spacial score (nSPS) is 14.5. The minimum absolute atomic E-state index is 0.00338. The molecule has 0 aliphatic rings. The number of rotatable bonds is 5. The Morgan fingerprint density at radius 3 is 2.44 bits per heavy atom. The third-order valence-electron chi connectivity index (χ3n) is 2.29. The quantitative estimate of drug-likeness (QED) is 0.328. The summed E-state index contributed by atoms with van der Waals surface area (Å²) < 4.78 is 36.5. The fourth-order valence-corrected chi connectivity index (χ4v) is 1.48. The topological polar surface area (TPSA) is 70.6 Å². The SMILES string of the molecule is N/C(CC(NCC(F)(F)F)c1ccccc1)=N\O. The molecule has 100 valence electrons. The third kappa shape index (κ3) is 5.05. The molecule has 1 aromatic rings. The minimum atomic E-state index is -4.31. The van der Waals surface area contributed by atoms with Gasteiger partial charge in [0.2, 0.25) is 0 Å². The van der Waals surface area contributed by atoms with Gasteiger partial charge in [0, 0.05) is 12.5 Å². The van der Waals surface area contributed by atoms with E-state index in [4.69, 9.17) is 10.9 Å². The molecule has 0 fully saturated rings. The van der Waals surface area contributed by atoms with Gasteiger partial charge in [-0.05, 0) is 5.56 Å². The molecule has 1 unspecified atom stereocenters. The lowest BCUT2D eigenvalue weighted by molar-refractivity contribution is -0.126. The zero-order valence-corrected chi connectivity index (χ0v) is 9.48. The smallest absolute Gasteiger partial charge is 0.401 e. The van der Waals surface area contributed by atoms with Crippen LogP contribution in [0.25, 0.3) is 0 Å². The second-order valence-corrected chi connectivity index (χ2v) is 3.75. The Balaban J connectivity index is 2.76. The van der Waals surface area contributed by atoms with Crippen LogP contribution >= 0.6 is 0 Å². The summed E-state index contributed by atoms with van der Waals surface area (Å²) in [4.78, 5) is 0. The van der Waals surface area contributed by atoms with E-state index >= 15 is 0 Å². The summed E-state index contributed by atoms with van der Waals surface area (Å²) in [5.41, 5.74) is 5.98. The molecular weight excluding hydrogens is 247 g/mol. The summed E-state index contributed by atoms with van der Waals surface area (Å²) in [6.45, 7) is -1.13. The van der Waals surface area contributed by atoms with Gasteiger partial charge in [-0.25, -0.2) is 0 Å². The van der Waals surface area contributed by atoms with Gasteiger partial charge < -0.3 is 16.3 Å². The molecule has 1 aromatic carbocycles. The maximum Gasteiger partial charge on any atom is 0.401 e. The highest BCUT2D eigenvalue weighted by atomic mass is 19.4. The van der Waals surface area contributed by atoms with Gasteiger partial charge >= 0.3 is 6.18 Å². The average molecular weight is 261 g/mol. The molecule has 4 N–H and O–H groups in total. The zero-order chi connectivity index (χ0) is 13.6. The van der Waals surface area contributed by atoms with Crippen molar-refractivity contribution in [2.45, 2.75) is 18.6 Å². The standard InChI is InChI=1S/C11H14F3N3O/c12-11(13,14)7-16-9(6-10(15)17-18)8-4-2-1-3-5-8/h1-5,9,16,18H,6-7H2,(H2,15,17). The lowest BCUT2D eigenvalue weighted by Crippen LogP contribution is -2.34. The molecule has 0 saturated heterocycles. The van der Waals surface area contributed by atoms with Crippen molar-refractivity contribution in [3.63, 3.8) is 0 Å². The zero-order valence-electron chi connectivity index (χ0n) is 9.48. The highest BCUT2D eigenvalue weighted by Crippen LogP contribution is 2.19. The predicted molar refractivity (Wildman–Crippen MR) is 61.3 cm³/mol. The Bertz CT molecular complexity index is 392. The molecule has 4 nitrogen and oxygen atoms in total. The lowest BCUT2D eigenvalue weighted by Gasteiger charge is -2.19. The molecule has 0 spiro atoms. The molecule has 1 atom stereocenters. The van der Waals surface area contributed by atoms with Gasteiger partial charge in [0.25, 0.3) is 0 Å². The third-order valence-corrected chi connectivity index (χ3v) is 2.29. The lowest BCUT2D eigenvalue weighted by atomic mass is 10.0. The minimum Gasteiger partial charge on any atom is -0.409 e. The van der Waals surface area contributed by atoms with E-state index in [2.05, 4.69) is 10.5 Å². The molecule has 7 heteroatoms. The molecule has 18 heavy (non-hydrogen) atoms. The molecule has 0 heterocycles. The van der Waals surface area contributed by atoms with Gasteiger partial charge in [-0.15, -0.1) is 0 Å². The maximum atomic E-state index is 12.2. The molecule has 0 saturated carbocycles. The molecule has 0 bridgehead atoms. The van der Waals surface area contributed by atoms with Crippen LogP contribution in [0.1, 0.15) is 18.0 Å². The van der Waals surface area contributed by atoms with Crippen molar-refractivity contribution in [3.05, 3.63) is 35.9 Å². The monoisotopic (exact) mass is 261 g/mol. The van der Waals surface area contributed by atoms with Crippen LogP contribution in [0.2, 0.25) is 0 Å². The summed E-state index contributed by atoms with van der Waals surface area (Å²) in [6, 6.07) is 7.89. The van der Waals surface area contributed by atoms with Crippen LogP contribution in [0.3, 0.4) is 0 Å². The second-order valence-electron chi connectivity index (χ2n) is 3.75. The molecule has 1 rings (SSSR count). The van der Waals surface area contributed by atoms with Crippen molar-refractivity contribution in [3.8, 4) is 0 Å². The van der Waals surface area contributed by atoms with E-state index in [1.54, 1.807) is 30.3 Å². The predicted octanol–water partition coefficient (Wildman–Crippen LogP) is 2.02. The fraction of sp³-hybridized carbons (Fsp3) is 0.364. The number of alkyl halides is 3. The molecule has 0 aliphatic carbocycles. The van der Waals surface area contributed by atoms with E-state index in [9.17, 15) is 13.2 Å². The van der Waals surface area contributed by atoms with Crippen LogP contribution in [-0.2, 0) is 0 Å². The Morgan fingerprint density at radius 1 is 1.33 bits per heavy atom. The molecule has 0 radical (unpaired) electrons. The van der Waals surface area contributed by atoms with Gasteiger partial charge in [0.05, 0.1) is 6.54 Å². The van der Waals surface area contributed by atoms with Crippen LogP contribution in [0, 0.1) is 0 Å². The van der Waals surface area contributed by atoms with Crippen LogP contribution in [0.5, 0.6) is 0 Å². The van der Waals surface area contributed by atoms with E-state index in [1.165, 1.54) is 0 Å². The molecule has 0 aliphatic heterocycles. The summed E-state index contributed by atoms with van der Waals surface area (Å²) in [5, 5.41) is 13.6. The van der Waals surface area contributed by atoms with Crippen LogP contribution in [0.4, 0.5) is 13.2 Å². The summed E-state index contributed by atoms with van der Waals surface area (Å²) in [6.07, 6.45) is -4.31.